The van der Waals surface area contributed by atoms with Crippen LogP contribution in [-0.2, 0) is 9.53 Å². The number of nitrogens with one attached hydrogen (secondary N) is 2. The van der Waals surface area contributed by atoms with E-state index in [-0.39, 0.29) is 29.8 Å². The first-order valence-electron chi connectivity index (χ1n) is 9.49. The van der Waals surface area contributed by atoms with Crippen LogP contribution in [0.5, 0.6) is 5.75 Å². The lowest BCUT2D eigenvalue weighted by molar-refractivity contribution is -0.133. The maximum atomic E-state index is 12.6. The summed E-state index contributed by atoms with van der Waals surface area (Å²) in [5, 5.41) is 14.8. The Hall–Kier alpha value is -2.77. The van der Waals surface area contributed by atoms with Crippen LogP contribution in [-0.4, -0.2) is 59.2 Å². The summed E-state index contributed by atoms with van der Waals surface area (Å²) in [6.45, 7) is 6.12. The minimum Gasteiger partial charge on any atom is -0.508 e. The van der Waals surface area contributed by atoms with E-state index in [0.29, 0.717) is 13.1 Å². The Kier molecular flexibility index (Phi) is 7.25. The number of phenolic OH excluding ortho intramolecular Hbond substituents is 1. The first-order chi connectivity index (χ1) is 13.2. The topological polar surface area (TPSA) is 108 Å². The van der Waals surface area contributed by atoms with E-state index in [2.05, 4.69) is 10.6 Å². The number of hydrogen-bond donors (Lipinski definition) is 3. The molecule has 0 aromatic heterocycles. The van der Waals surface area contributed by atoms with Crippen molar-refractivity contribution < 1.29 is 24.2 Å². The highest BCUT2D eigenvalue weighted by Gasteiger charge is 2.28. The minimum atomic E-state index is -0.581. The molecule has 1 aliphatic heterocycles. The fourth-order valence-corrected chi connectivity index (χ4v) is 3.06. The van der Waals surface area contributed by atoms with Crippen LogP contribution < -0.4 is 10.6 Å². The summed E-state index contributed by atoms with van der Waals surface area (Å²) >= 11 is 0. The maximum absolute atomic E-state index is 12.6. The zero-order valence-electron chi connectivity index (χ0n) is 16.7. The van der Waals surface area contributed by atoms with Crippen LogP contribution >= 0.6 is 0 Å². The normalized spacial score (nSPS) is 17.0. The highest BCUT2D eigenvalue weighted by atomic mass is 16.6. The molecular weight excluding hydrogens is 362 g/mol. The van der Waals surface area contributed by atoms with Gasteiger partial charge in [-0.05, 0) is 58.2 Å². The minimum absolute atomic E-state index is 0.0108. The van der Waals surface area contributed by atoms with Gasteiger partial charge in [0.1, 0.15) is 11.4 Å². The van der Waals surface area contributed by atoms with Gasteiger partial charge in [-0.15, -0.1) is 0 Å². The molecule has 1 atom stereocenters. The molecule has 154 valence electrons. The number of alkyl carbamates (subject to hydrolysis) is 1. The van der Waals surface area contributed by atoms with Gasteiger partial charge >= 0.3 is 6.09 Å². The predicted molar refractivity (Wildman–Crippen MR) is 104 cm³/mol. The number of nitrogens with zero attached hydrogens (tertiary/aromatic N) is 1. The number of phenols is 1. The van der Waals surface area contributed by atoms with E-state index in [9.17, 15) is 19.5 Å². The zero-order valence-corrected chi connectivity index (χ0v) is 16.7. The van der Waals surface area contributed by atoms with Crippen molar-refractivity contribution in [2.24, 2.45) is 0 Å². The average molecular weight is 391 g/mol. The summed E-state index contributed by atoms with van der Waals surface area (Å²) in [4.78, 5) is 38.3. The van der Waals surface area contributed by atoms with Gasteiger partial charge in [0.15, 0.2) is 0 Å². The number of likely N-dealkylation sites (tertiary alicyclic amines) is 1. The van der Waals surface area contributed by atoms with Crippen molar-refractivity contribution in [3.8, 4) is 5.75 Å². The Morgan fingerprint density at radius 3 is 2.64 bits per heavy atom. The largest absolute Gasteiger partial charge is 0.508 e. The Bertz CT molecular complexity index is 714. The van der Waals surface area contributed by atoms with E-state index in [4.69, 9.17) is 4.74 Å². The molecule has 0 spiro atoms. The second kappa shape index (κ2) is 9.43. The summed E-state index contributed by atoms with van der Waals surface area (Å²) < 4.78 is 5.23. The molecule has 3 N–H and O–H groups in total. The number of carbonyl (C=O) groups is 3. The molecule has 1 saturated heterocycles. The highest BCUT2D eigenvalue weighted by Crippen LogP contribution is 2.17. The van der Waals surface area contributed by atoms with Crippen LogP contribution in [0, 0.1) is 0 Å². The monoisotopic (exact) mass is 391 g/mol. The Labute approximate surface area is 165 Å². The number of aromatic hydroxyl groups is 1. The number of benzene rings is 1. The fraction of sp³-hybridized carbons (Fsp3) is 0.550. The van der Waals surface area contributed by atoms with Gasteiger partial charge in [0.2, 0.25) is 5.91 Å². The second-order valence-corrected chi connectivity index (χ2v) is 7.85. The van der Waals surface area contributed by atoms with Crippen molar-refractivity contribution in [2.45, 2.75) is 51.7 Å². The SMILES string of the molecule is CC(C)(C)OC(=O)NC[C@H]1CCCCN1C(=O)CNC(=O)c1cccc(O)c1. The van der Waals surface area contributed by atoms with E-state index in [1.165, 1.54) is 12.1 Å². The molecule has 0 unspecified atom stereocenters. The van der Waals surface area contributed by atoms with E-state index >= 15 is 0 Å². The molecule has 1 aliphatic rings. The van der Waals surface area contributed by atoms with Crippen LogP contribution in [0.3, 0.4) is 0 Å². The van der Waals surface area contributed by atoms with Crippen molar-refractivity contribution in [1.29, 1.82) is 0 Å². The van der Waals surface area contributed by atoms with Crippen molar-refractivity contribution in [1.82, 2.24) is 15.5 Å². The van der Waals surface area contributed by atoms with Crippen LogP contribution in [0.1, 0.15) is 50.4 Å². The smallest absolute Gasteiger partial charge is 0.407 e. The molecule has 1 aromatic rings. The molecule has 0 saturated carbocycles. The molecule has 1 fully saturated rings. The van der Waals surface area contributed by atoms with Gasteiger partial charge in [0.25, 0.3) is 5.91 Å². The quantitative estimate of drug-likeness (QED) is 0.712. The van der Waals surface area contributed by atoms with Crippen molar-refractivity contribution in [2.75, 3.05) is 19.6 Å². The van der Waals surface area contributed by atoms with Gasteiger partial charge in [-0.3, -0.25) is 9.59 Å². The molecule has 28 heavy (non-hydrogen) atoms. The van der Waals surface area contributed by atoms with Crippen LogP contribution in [0.25, 0.3) is 0 Å². The van der Waals surface area contributed by atoms with Crippen molar-refractivity contribution in [3.63, 3.8) is 0 Å². The van der Waals surface area contributed by atoms with Gasteiger partial charge in [0, 0.05) is 24.7 Å². The zero-order chi connectivity index (χ0) is 20.7. The van der Waals surface area contributed by atoms with Gasteiger partial charge in [-0.1, -0.05) is 6.07 Å². The molecule has 8 nitrogen and oxygen atoms in total. The van der Waals surface area contributed by atoms with Crippen LogP contribution in [0.4, 0.5) is 4.79 Å². The Balaban J connectivity index is 1.87. The third-order valence-electron chi connectivity index (χ3n) is 4.34. The lowest BCUT2D eigenvalue weighted by Crippen LogP contribution is -2.52. The molecule has 3 amide bonds. The number of ether oxygens (including phenoxy) is 1. The molecule has 2 rings (SSSR count). The summed E-state index contributed by atoms with van der Waals surface area (Å²) in [6.07, 6.45) is 2.12. The first kappa shape index (κ1) is 21.5. The van der Waals surface area contributed by atoms with Crippen LogP contribution in [0.15, 0.2) is 24.3 Å². The van der Waals surface area contributed by atoms with Gasteiger partial charge in [-0.2, -0.15) is 0 Å². The molecule has 0 aliphatic carbocycles. The van der Waals surface area contributed by atoms with Crippen LogP contribution in [0.2, 0.25) is 0 Å². The van der Waals surface area contributed by atoms with Gasteiger partial charge in [0.05, 0.1) is 6.54 Å². The lowest BCUT2D eigenvalue weighted by Gasteiger charge is -2.36. The van der Waals surface area contributed by atoms with E-state index in [1.807, 2.05) is 0 Å². The third kappa shape index (κ3) is 6.75. The molecule has 1 heterocycles. The van der Waals surface area contributed by atoms with E-state index in [0.717, 1.165) is 19.3 Å². The third-order valence-corrected chi connectivity index (χ3v) is 4.34. The highest BCUT2D eigenvalue weighted by molar-refractivity contribution is 5.96. The first-order valence-corrected chi connectivity index (χ1v) is 9.49. The Morgan fingerprint density at radius 2 is 1.96 bits per heavy atom. The van der Waals surface area contributed by atoms with Crippen molar-refractivity contribution in [3.05, 3.63) is 29.8 Å². The Morgan fingerprint density at radius 1 is 1.21 bits per heavy atom. The second-order valence-electron chi connectivity index (χ2n) is 7.85. The molecule has 8 heteroatoms. The van der Waals surface area contributed by atoms with Gasteiger partial charge in [-0.25, -0.2) is 4.79 Å². The van der Waals surface area contributed by atoms with Crippen molar-refractivity contribution >= 4 is 17.9 Å². The number of amides is 3. The standard InChI is InChI=1S/C20H29N3O5/c1-20(2,3)28-19(27)22-12-15-8-4-5-10-23(15)17(25)13-21-18(26)14-7-6-9-16(24)11-14/h6-7,9,11,15,24H,4-5,8,10,12-13H2,1-3H3,(H,21,26)(H,22,27)/t15-/m1/s1. The molecular formula is C20H29N3O5. The number of piperidine rings is 1. The maximum Gasteiger partial charge on any atom is 0.407 e. The van der Waals surface area contributed by atoms with E-state index in [1.54, 1.807) is 37.8 Å². The average Bonchev–Trinajstić information content (AvgIpc) is 2.63. The molecule has 0 radical (unpaired) electrons. The molecule has 1 aromatic carbocycles. The predicted octanol–water partition coefficient (Wildman–Crippen LogP) is 2.03. The number of rotatable bonds is 5. The van der Waals surface area contributed by atoms with E-state index < -0.39 is 17.6 Å². The van der Waals surface area contributed by atoms with Gasteiger partial charge < -0.3 is 25.4 Å². The summed E-state index contributed by atoms with van der Waals surface area (Å²) in [6, 6.07) is 5.81. The summed E-state index contributed by atoms with van der Waals surface area (Å²) in [7, 11) is 0. The summed E-state index contributed by atoms with van der Waals surface area (Å²) in [5.41, 5.74) is -0.294. The lowest BCUT2D eigenvalue weighted by atomic mass is 10.0. The number of carbonyl (C=O) groups excluding carboxylic acids is 3. The fourth-order valence-electron chi connectivity index (χ4n) is 3.06. The number of hydrogen-bond acceptors (Lipinski definition) is 5. The summed E-state index contributed by atoms with van der Waals surface area (Å²) in [5.74, 6) is -0.642. The molecule has 0 bridgehead atoms.